The molecule has 0 aliphatic carbocycles. The molecule has 9 heteroatoms. The smallest absolute Gasteiger partial charge is 0.253 e. The summed E-state index contributed by atoms with van der Waals surface area (Å²) in [5.74, 6) is -0.192. The van der Waals surface area contributed by atoms with Gasteiger partial charge in [-0.2, -0.15) is 4.31 Å². The summed E-state index contributed by atoms with van der Waals surface area (Å²) < 4.78 is 33.2. The van der Waals surface area contributed by atoms with Gasteiger partial charge in [-0.15, -0.1) is 0 Å². The van der Waals surface area contributed by atoms with E-state index in [0.29, 0.717) is 50.4 Å². The number of hydrogen-bond donors (Lipinski definition) is 0. The van der Waals surface area contributed by atoms with Crippen LogP contribution in [-0.4, -0.2) is 85.8 Å². The van der Waals surface area contributed by atoms with Crippen molar-refractivity contribution in [3.05, 3.63) is 65.2 Å². The second-order valence-corrected chi connectivity index (χ2v) is 11.2. The van der Waals surface area contributed by atoms with Crippen molar-refractivity contribution in [3.63, 3.8) is 0 Å². The summed E-state index contributed by atoms with van der Waals surface area (Å²) in [5.41, 5.74) is 2.27. The summed E-state index contributed by atoms with van der Waals surface area (Å²) in [6.07, 6.45) is 0.583. The summed E-state index contributed by atoms with van der Waals surface area (Å²) >= 11 is 0. The Morgan fingerprint density at radius 1 is 0.800 bits per heavy atom. The Hall–Kier alpha value is -2.75. The molecule has 4 rings (SSSR count). The predicted octanol–water partition coefficient (Wildman–Crippen LogP) is 2.65. The molecule has 0 N–H and O–H groups in total. The fourth-order valence-corrected chi connectivity index (χ4v) is 6.20. The minimum atomic E-state index is -3.66. The van der Waals surface area contributed by atoms with Crippen LogP contribution in [0.3, 0.4) is 0 Å². The Balaban J connectivity index is 1.36. The molecule has 2 aliphatic rings. The highest BCUT2D eigenvalue weighted by atomic mass is 32.2. The quantitative estimate of drug-likeness (QED) is 0.631. The second-order valence-electron chi connectivity index (χ2n) is 9.24. The van der Waals surface area contributed by atoms with Crippen LogP contribution in [0.2, 0.25) is 0 Å². The molecule has 0 saturated carbocycles. The molecule has 0 bridgehead atoms. The Labute approximate surface area is 207 Å². The van der Waals surface area contributed by atoms with Crippen LogP contribution in [0.5, 0.6) is 0 Å². The van der Waals surface area contributed by atoms with Gasteiger partial charge in [-0.05, 0) is 62.2 Å². The highest BCUT2D eigenvalue weighted by Gasteiger charge is 2.32. The lowest BCUT2D eigenvalue weighted by atomic mass is 10.1. The van der Waals surface area contributed by atoms with E-state index >= 15 is 0 Å². The van der Waals surface area contributed by atoms with E-state index in [0.717, 1.165) is 6.42 Å². The first-order valence-electron chi connectivity index (χ1n) is 12.1. The SMILES string of the molecule is CCc1ccc(C(=O)N2CCN(C(=O)c3ccc(S(=O)(=O)N4CC(C)OC(C)C4)cc3)CC2)cc1. The third-order valence-electron chi connectivity index (χ3n) is 6.59. The van der Waals surface area contributed by atoms with Crippen molar-refractivity contribution in [1.29, 1.82) is 0 Å². The molecule has 0 radical (unpaired) electrons. The Kier molecular flexibility index (Phi) is 7.59. The van der Waals surface area contributed by atoms with Gasteiger partial charge in [0, 0.05) is 50.4 Å². The standard InChI is InChI=1S/C26H33N3O5S/c1-4-21-5-7-22(8-6-21)25(30)27-13-15-28(16-14-27)26(31)23-9-11-24(12-10-23)35(32,33)29-17-19(2)34-20(3)18-29/h5-12,19-20H,4,13-18H2,1-3H3. The molecule has 2 atom stereocenters. The van der Waals surface area contributed by atoms with Gasteiger partial charge in [0.25, 0.3) is 11.8 Å². The molecule has 2 heterocycles. The first kappa shape index (κ1) is 25.3. The van der Waals surface area contributed by atoms with Crippen LogP contribution in [0, 0.1) is 0 Å². The van der Waals surface area contributed by atoms with Crippen LogP contribution in [0.15, 0.2) is 53.4 Å². The molecule has 2 saturated heterocycles. The lowest BCUT2D eigenvalue weighted by molar-refractivity contribution is -0.0440. The molecule has 2 aromatic rings. The zero-order chi connectivity index (χ0) is 25.2. The van der Waals surface area contributed by atoms with Crippen LogP contribution >= 0.6 is 0 Å². The van der Waals surface area contributed by atoms with Gasteiger partial charge in [0.1, 0.15) is 0 Å². The first-order chi connectivity index (χ1) is 16.7. The van der Waals surface area contributed by atoms with E-state index in [-0.39, 0.29) is 28.9 Å². The number of morpholine rings is 1. The number of carbonyl (C=O) groups is 2. The van der Waals surface area contributed by atoms with Gasteiger partial charge < -0.3 is 14.5 Å². The second kappa shape index (κ2) is 10.5. The number of carbonyl (C=O) groups excluding carboxylic acids is 2. The third-order valence-corrected chi connectivity index (χ3v) is 8.43. The largest absolute Gasteiger partial charge is 0.373 e. The van der Waals surface area contributed by atoms with Crippen molar-refractivity contribution in [2.24, 2.45) is 0 Å². The van der Waals surface area contributed by atoms with Crippen molar-refractivity contribution >= 4 is 21.8 Å². The predicted molar refractivity (Wildman–Crippen MR) is 133 cm³/mol. The van der Waals surface area contributed by atoms with E-state index in [1.807, 2.05) is 38.1 Å². The Morgan fingerprint density at radius 2 is 1.23 bits per heavy atom. The first-order valence-corrected chi connectivity index (χ1v) is 13.6. The number of aryl methyl sites for hydroxylation is 1. The summed E-state index contributed by atoms with van der Waals surface area (Å²) in [6.45, 7) is 8.18. The van der Waals surface area contributed by atoms with Crippen LogP contribution in [-0.2, 0) is 21.2 Å². The molecule has 0 aromatic heterocycles. The summed E-state index contributed by atoms with van der Waals surface area (Å²) in [6, 6.07) is 13.8. The van der Waals surface area contributed by atoms with Crippen molar-refractivity contribution in [3.8, 4) is 0 Å². The van der Waals surface area contributed by atoms with Crippen LogP contribution in [0.1, 0.15) is 47.1 Å². The highest BCUT2D eigenvalue weighted by molar-refractivity contribution is 7.89. The van der Waals surface area contributed by atoms with Gasteiger partial charge in [0.2, 0.25) is 10.0 Å². The van der Waals surface area contributed by atoms with E-state index in [9.17, 15) is 18.0 Å². The average molecular weight is 500 g/mol. The third kappa shape index (κ3) is 5.58. The van der Waals surface area contributed by atoms with Crippen molar-refractivity contribution in [1.82, 2.24) is 14.1 Å². The highest BCUT2D eigenvalue weighted by Crippen LogP contribution is 2.22. The minimum absolute atomic E-state index is 0.0268. The van der Waals surface area contributed by atoms with Crippen molar-refractivity contribution in [2.45, 2.75) is 44.3 Å². The number of hydrogen-bond acceptors (Lipinski definition) is 5. The maximum Gasteiger partial charge on any atom is 0.253 e. The number of sulfonamides is 1. The zero-order valence-corrected chi connectivity index (χ0v) is 21.3. The fraction of sp³-hybridized carbons (Fsp3) is 0.462. The Morgan fingerprint density at radius 3 is 1.66 bits per heavy atom. The Bertz CT molecular complexity index is 1150. The minimum Gasteiger partial charge on any atom is -0.373 e. The van der Waals surface area contributed by atoms with Crippen LogP contribution in [0.4, 0.5) is 0 Å². The fourth-order valence-electron chi connectivity index (χ4n) is 4.61. The van der Waals surface area contributed by atoms with Crippen LogP contribution in [0.25, 0.3) is 0 Å². The zero-order valence-electron chi connectivity index (χ0n) is 20.5. The molecular weight excluding hydrogens is 466 g/mol. The number of benzene rings is 2. The number of rotatable bonds is 5. The van der Waals surface area contributed by atoms with Gasteiger partial charge in [-0.1, -0.05) is 19.1 Å². The summed E-state index contributed by atoms with van der Waals surface area (Å²) in [4.78, 5) is 29.5. The number of nitrogens with zero attached hydrogens (tertiary/aromatic N) is 3. The molecule has 2 aliphatic heterocycles. The average Bonchev–Trinajstić information content (AvgIpc) is 2.87. The summed E-state index contributed by atoms with van der Waals surface area (Å²) in [5, 5.41) is 0. The molecule has 188 valence electrons. The van der Waals surface area contributed by atoms with E-state index in [4.69, 9.17) is 4.74 Å². The van der Waals surface area contributed by atoms with Gasteiger partial charge in [0.15, 0.2) is 0 Å². The maximum absolute atomic E-state index is 13.1. The van der Waals surface area contributed by atoms with Crippen molar-refractivity contribution in [2.75, 3.05) is 39.3 Å². The normalized spacial score (nSPS) is 21.7. The lowest BCUT2D eigenvalue weighted by Crippen LogP contribution is -2.50. The number of piperazine rings is 1. The molecule has 2 aromatic carbocycles. The van der Waals surface area contributed by atoms with Crippen LogP contribution < -0.4 is 0 Å². The number of ether oxygens (including phenoxy) is 1. The number of amides is 2. The monoisotopic (exact) mass is 499 g/mol. The molecule has 35 heavy (non-hydrogen) atoms. The molecule has 2 amide bonds. The molecular formula is C26H33N3O5S. The maximum atomic E-state index is 13.1. The van der Waals surface area contributed by atoms with Gasteiger partial charge in [-0.25, -0.2) is 8.42 Å². The molecule has 0 spiro atoms. The van der Waals surface area contributed by atoms with E-state index < -0.39 is 10.0 Å². The van der Waals surface area contributed by atoms with E-state index in [1.165, 1.54) is 22.0 Å². The van der Waals surface area contributed by atoms with E-state index in [1.54, 1.807) is 21.9 Å². The lowest BCUT2D eigenvalue weighted by Gasteiger charge is -2.35. The summed E-state index contributed by atoms with van der Waals surface area (Å²) in [7, 11) is -3.66. The van der Waals surface area contributed by atoms with Gasteiger partial charge in [0.05, 0.1) is 17.1 Å². The molecule has 2 fully saturated rings. The van der Waals surface area contributed by atoms with E-state index in [2.05, 4.69) is 6.92 Å². The van der Waals surface area contributed by atoms with Crippen molar-refractivity contribution < 1.29 is 22.7 Å². The van der Waals surface area contributed by atoms with Gasteiger partial charge >= 0.3 is 0 Å². The van der Waals surface area contributed by atoms with Gasteiger partial charge in [-0.3, -0.25) is 9.59 Å². The molecule has 2 unspecified atom stereocenters. The molecule has 8 nitrogen and oxygen atoms in total. The topological polar surface area (TPSA) is 87.2 Å².